The van der Waals surface area contributed by atoms with Crippen molar-refractivity contribution in [2.24, 2.45) is 0 Å². The van der Waals surface area contributed by atoms with Gasteiger partial charge in [-0.25, -0.2) is 0 Å². The molecule has 3 aromatic carbocycles. The first-order chi connectivity index (χ1) is 17.5. The fraction of sp³-hybridized carbons (Fsp3) is 0.200. The lowest BCUT2D eigenvalue weighted by molar-refractivity contribution is 0.0953. The van der Waals surface area contributed by atoms with Crippen molar-refractivity contribution < 1.29 is 9.59 Å². The van der Waals surface area contributed by atoms with Gasteiger partial charge >= 0.3 is 0 Å². The predicted molar refractivity (Wildman–Crippen MR) is 145 cm³/mol. The van der Waals surface area contributed by atoms with Crippen molar-refractivity contribution in [1.29, 1.82) is 0 Å². The van der Waals surface area contributed by atoms with Gasteiger partial charge in [0.1, 0.15) is 0 Å². The highest BCUT2D eigenvalue weighted by Gasteiger charge is 2.12. The van der Waals surface area contributed by atoms with Crippen LogP contribution in [0.3, 0.4) is 0 Å². The summed E-state index contributed by atoms with van der Waals surface area (Å²) in [5.41, 5.74) is 7.98. The van der Waals surface area contributed by atoms with Gasteiger partial charge in [-0.15, -0.1) is 0 Å². The number of rotatable bonds is 8. The normalized spacial score (nSPS) is 11.2. The zero-order chi connectivity index (χ0) is 25.1. The lowest BCUT2D eigenvalue weighted by Crippen LogP contribution is -2.28. The molecule has 182 valence electrons. The van der Waals surface area contributed by atoms with Crippen molar-refractivity contribution in [3.05, 3.63) is 106 Å². The molecule has 5 aromatic rings. The molecule has 2 heterocycles. The number of carbonyl (C=O) groups is 2. The summed E-state index contributed by atoms with van der Waals surface area (Å²) in [5, 5.41) is 8.33. The third-order valence-electron chi connectivity index (χ3n) is 6.77. The third kappa shape index (κ3) is 4.75. The number of H-pyrrole nitrogens is 2. The van der Waals surface area contributed by atoms with Crippen LogP contribution in [0.2, 0.25) is 0 Å². The minimum Gasteiger partial charge on any atom is -0.361 e. The summed E-state index contributed by atoms with van der Waals surface area (Å²) in [4.78, 5) is 32.1. The number of nitrogens with one attached hydrogen (secondary N) is 4. The summed E-state index contributed by atoms with van der Waals surface area (Å²) in [6.07, 6.45) is 5.46. The van der Waals surface area contributed by atoms with Gasteiger partial charge in [-0.05, 0) is 67.1 Å². The maximum Gasteiger partial charge on any atom is 0.251 e. The molecule has 0 aliphatic heterocycles. The van der Waals surface area contributed by atoms with Gasteiger partial charge in [-0.1, -0.05) is 42.5 Å². The van der Waals surface area contributed by atoms with Crippen LogP contribution in [-0.2, 0) is 12.8 Å². The number of aryl methyl sites for hydroxylation is 2. The van der Waals surface area contributed by atoms with Crippen molar-refractivity contribution in [2.75, 3.05) is 13.1 Å². The molecule has 0 bridgehead atoms. The molecule has 0 aliphatic rings. The number of aromatic nitrogens is 2. The molecular weight excluding hydrogens is 448 g/mol. The molecule has 0 atom stereocenters. The summed E-state index contributed by atoms with van der Waals surface area (Å²) in [5.74, 6) is -0.371. The molecule has 6 nitrogen and oxygen atoms in total. The number of aromatic amines is 2. The van der Waals surface area contributed by atoms with Crippen molar-refractivity contribution in [3.63, 3.8) is 0 Å². The SMILES string of the molecule is Cc1cccc2c(CCNC(=O)c3cccc(C(=O)NCCc4c[nH]c5c(C)cccc45)c3)c[nH]c12. The maximum atomic E-state index is 12.7. The number of hydrogen-bond donors (Lipinski definition) is 4. The Kier molecular flexibility index (Phi) is 6.58. The van der Waals surface area contributed by atoms with Gasteiger partial charge in [0, 0.05) is 58.4 Å². The first-order valence-electron chi connectivity index (χ1n) is 12.3. The van der Waals surface area contributed by atoms with E-state index in [1.807, 2.05) is 24.5 Å². The molecule has 5 rings (SSSR count). The average Bonchev–Trinajstić information content (AvgIpc) is 3.50. The number of fused-ring (bicyclic) bond motifs is 2. The van der Waals surface area contributed by atoms with Gasteiger partial charge < -0.3 is 20.6 Å². The van der Waals surface area contributed by atoms with E-state index in [-0.39, 0.29) is 11.8 Å². The monoisotopic (exact) mass is 478 g/mol. The van der Waals surface area contributed by atoms with E-state index in [4.69, 9.17) is 0 Å². The second-order valence-electron chi connectivity index (χ2n) is 9.22. The summed E-state index contributed by atoms with van der Waals surface area (Å²) in [7, 11) is 0. The van der Waals surface area contributed by atoms with Gasteiger partial charge in [0.25, 0.3) is 11.8 Å². The van der Waals surface area contributed by atoms with Crippen LogP contribution in [0.25, 0.3) is 21.8 Å². The van der Waals surface area contributed by atoms with Crippen molar-refractivity contribution in [3.8, 4) is 0 Å². The number of amides is 2. The Balaban J connectivity index is 1.15. The fourth-order valence-corrected chi connectivity index (χ4v) is 4.77. The highest BCUT2D eigenvalue weighted by Crippen LogP contribution is 2.22. The topological polar surface area (TPSA) is 89.8 Å². The number of hydrogen-bond acceptors (Lipinski definition) is 2. The molecule has 0 aliphatic carbocycles. The van der Waals surface area contributed by atoms with E-state index < -0.39 is 0 Å². The van der Waals surface area contributed by atoms with Crippen molar-refractivity contribution in [2.45, 2.75) is 26.7 Å². The molecule has 0 fully saturated rings. The Bertz CT molecular complexity index is 1450. The van der Waals surface area contributed by atoms with Crippen molar-refractivity contribution in [1.82, 2.24) is 20.6 Å². The van der Waals surface area contributed by atoms with Crippen LogP contribution in [0.4, 0.5) is 0 Å². The highest BCUT2D eigenvalue weighted by atomic mass is 16.2. The predicted octanol–water partition coefficient (Wildman–Crippen LogP) is 5.21. The molecule has 36 heavy (non-hydrogen) atoms. The van der Waals surface area contributed by atoms with Crippen LogP contribution in [0.15, 0.2) is 73.1 Å². The van der Waals surface area contributed by atoms with Crippen LogP contribution >= 0.6 is 0 Å². The van der Waals surface area contributed by atoms with E-state index in [2.05, 4.69) is 58.7 Å². The first kappa shape index (κ1) is 23.4. The van der Waals surface area contributed by atoms with Crippen LogP contribution in [0, 0.1) is 13.8 Å². The Hall–Kier alpha value is -4.32. The van der Waals surface area contributed by atoms with Crippen LogP contribution in [-0.4, -0.2) is 34.9 Å². The Morgan fingerprint density at radius 2 is 1.11 bits per heavy atom. The quantitative estimate of drug-likeness (QED) is 0.247. The lowest BCUT2D eigenvalue weighted by Gasteiger charge is -2.08. The first-order valence-corrected chi connectivity index (χ1v) is 12.3. The zero-order valence-electron chi connectivity index (χ0n) is 20.6. The minimum atomic E-state index is -0.185. The molecule has 4 N–H and O–H groups in total. The maximum absolute atomic E-state index is 12.7. The van der Waals surface area contributed by atoms with Gasteiger partial charge in [0.2, 0.25) is 0 Å². The second-order valence-corrected chi connectivity index (χ2v) is 9.22. The number of para-hydroxylation sites is 2. The molecule has 2 amide bonds. The van der Waals surface area contributed by atoms with Gasteiger partial charge in [-0.2, -0.15) is 0 Å². The summed E-state index contributed by atoms with van der Waals surface area (Å²) in [6.45, 7) is 5.19. The molecule has 0 radical (unpaired) electrons. The van der Waals surface area contributed by atoms with Crippen LogP contribution in [0.1, 0.15) is 43.0 Å². The molecule has 2 aromatic heterocycles. The van der Waals surface area contributed by atoms with Crippen molar-refractivity contribution >= 4 is 33.6 Å². The van der Waals surface area contributed by atoms with E-state index in [9.17, 15) is 9.59 Å². The zero-order valence-corrected chi connectivity index (χ0v) is 20.6. The molecule has 6 heteroatoms. The summed E-state index contributed by atoms with van der Waals surface area (Å²) >= 11 is 0. The van der Waals surface area contributed by atoms with E-state index in [1.54, 1.807) is 24.3 Å². The van der Waals surface area contributed by atoms with E-state index in [0.29, 0.717) is 24.2 Å². The van der Waals surface area contributed by atoms with Gasteiger partial charge in [-0.3, -0.25) is 9.59 Å². The van der Waals surface area contributed by atoms with E-state index >= 15 is 0 Å². The van der Waals surface area contributed by atoms with Gasteiger partial charge in [0.05, 0.1) is 0 Å². The molecule has 0 spiro atoms. The molecular formula is C30H30N4O2. The largest absolute Gasteiger partial charge is 0.361 e. The average molecular weight is 479 g/mol. The van der Waals surface area contributed by atoms with E-state index in [1.165, 1.54) is 33.0 Å². The highest BCUT2D eigenvalue weighted by molar-refractivity contribution is 5.99. The molecule has 0 unspecified atom stereocenters. The van der Waals surface area contributed by atoms with Crippen LogP contribution < -0.4 is 10.6 Å². The number of benzene rings is 3. The Morgan fingerprint density at radius 3 is 1.58 bits per heavy atom. The third-order valence-corrected chi connectivity index (χ3v) is 6.77. The second kappa shape index (κ2) is 10.1. The van der Waals surface area contributed by atoms with E-state index in [0.717, 1.165) is 23.9 Å². The Labute approximate surface area is 210 Å². The fourth-order valence-electron chi connectivity index (χ4n) is 4.77. The lowest BCUT2D eigenvalue weighted by atomic mass is 10.1. The van der Waals surface area contributed by atoms with Gasteiger partial charge in [0.15, 0.2) is 0 Å². The number of carbonyl (C=O) groups excluding carboxylic acids is 2. The summed E-state index contributed by atoms with van der Waals surface area (Å²) in [6, 6.07) is 19.3. The molecule has 0 saturated heterocycles. The summed E-state index contributed by atoms with van der Waals surface area (Å²) < 4.78 is 0. The molecule has 0 saturated carbocycles. The standard InChI is InChI=1S/C30H30N4O2/c1-19-6-3-10-25-23(17-33-27(19)25)12-14-31-29(35)21-8-5-9-22(16-21)30(36)32-15-13-24-18-34-28-20(2)7-4-11-26(24)28/h3-11,16-18,33-34H,12-15H2,1-2H3,(H,31,35)(H,32,36). The van der Waals surface area contributed by atoms with Crippen LogP contribution in [0.5, 0.6) is 0 Å². The smallest absolute Gasteiger partial charge is 0.251 e. The minimum absolute atomic E-state index is 0.185. The Morgan fingerprint density at radius 1 is 0.667 bits per heavy atom.